The summed E-state index contributed by atoms with van der Waals surface area (Å²) < 4.78 is 5.43. The van der Waals surface area contributed by atoms with E-state index in [0.717, 1.165) is 17.7 Å². The summed E-state index contributed by atoms with van der Waals surface area (Å²) in [6.45, 7) is 2.71. The van der Waals surface area contributed by atoms with Crippen LogP contribution in [0.1, 0.15) is 42.3 Å². The second-order valence-electron chi connectivity index (χ2n) is 4.87. The van der Waals surface area contributed by atoms with Crippen LogP contribution in [0.5, 0.6) is 0 Å². The van der Waals surface area contributed by atoms with Crippen LogP contribution in [-0.2, 0) is 9.53 Å². The minimum Gasteiger partial charge on any atom is -0.378 e. The van der Waals surface area contributed by atoms with E-state index in [1.54, 1.807) is 6.07 Å². The van der Waals surface area contributed by atoms with Crippen molar-refractivity contribution in [2.45, 2.75) is 44.8 Å². The number of ether oxygens (including phenoxy) is 1. The number of hydrogen-bond donors (Lipinski definition) is 1. The SMILES string of the molecule is C[C@H]1C[C@H](NC(=O)CCC(=O)c2cccs2)CCO1. The molecule has 4 nitrogen and oxygen atoms in total. The minimum absolute atomic E-state index is 0.0380. The molecule has 1 aromatic heterocycles. The number of rotatable bonds is 5. The van der Waals surface area contributed by atoms with Crippen molar-refractivity contribution >= 4 is 23.0 Å². The van der Waals surface area contributed by atoms with Crippen molar-refractivity contribution in [1.29, 1.82) is 0 Å². The average molecular weight is 281 g/mol. The summed E-state index contributed by atoms with van der Waals surface area (Å²) in [5, 5.41) is 4.85. The third-order valence-corrected chi connectivity index (χ3v) is 4.14. The summed E-state index contributed by atoms with van der Waals surface area (Å²) in [6.07, 6.45) is 2.46. The molecular formula is C14H19NO3S. The first-order valence-corrected chi connectivity index (χ1v) is 7.51. The molecule has 2 atom stereocenters. The molecule has 104 valence electrons. The Morgan fingerprint density at radius 3 is 3.00 bits per heavy atom. The second kappa shape index (κ2) is 6.82. The molecule has 0 spiro atoms. The predicted molar refractivity (Wildman–Crippen MR) is 74.5 cm³/mol. The molecule has 1 aromatic rings. The third kappa shape index (κ3) is 4.44. The van der Waals surface area contributed by atoms with Gasteiger partial charge in [0.25, 0.3) is 0 Å². The molecule has 1 amide bonds. The smallest absolute Gasteiger partial charge is 0.220 e. The van der Waals surface area contributed by atoms with Crippen LogP contribution in [0.15, 0.2) is 17.5 Å². The molecule has 0 saturated carbocycles. The van der Waals surface area contributed by atoms with Crippen molar-refractivity contribution in [3.8, 4) is 0 Å². The predicted octanol–water partition coefficient (Wildman–Crippen LogP) is 2.39. The number of nitrogens with one attached hydrogen (secondary N) is 1. The fourth-order valence-electron chi connectivity index (χ4n) is 2.22. The van der Waals surface area contributed by atoms with Crippen molar-refractivity contribution in [1.82, 2.24) is 5.32 Å². The maximum Gasteiger partial charge on any atom is 0.220 e. The maximum absolute atomic E-state index is 11.8. The zero-order valence-electron chi connectivity index (χ0n) is 11.1. The molecule has 0 aliphatic carbocycles. The number of thiophene rings is 1. The Hall–Kier alpha value is -1.20. The van der Waals surface area contributed by atoms with Crippen LogP contribution < -0.4 is 5.32 Å². The van der Waals surface area contributed by atoms with Gasteiger partial charge in [-0.15, -0.1) is 11.3 Å². The van der Waals surface area contributed by atoms with E-state index in [1.165, 1.54) is 11.3 Å². The highest BCUT2D eigenvalue weighted by Gasteiger charge is 2.21. The highest BCUT2D eigenvalue weighted by Crippen LogP contribution is 2.14. The monoisotopic (exact) mass is 281 g/mol. The lowest BCUT2D eigenvalue weighted by Gasteiger charge is -2.27. The Bertz CT molecular complexity index is 430. The first-order valence-electron chi connectivity index (χ1n) is 6.63. The molecule has 1 aliphatic heterocycles. The summed E-state index contributed by atoms with van der Waals surface area (Å²) in [5.74, 6) is 0.00880. The molecule has 2 heterocycles. The van der Waals surface area contributed by atoms with Crippen LogP contribution >= 0.6 is 11.3 Å². The van der Waals surface area contributed by atoms with Crippen LogP contribution in [0.3, 0.4) is 0 Å². The quantitative estimate of drug-likeness (QED) is 0.843. The van der Waals surface area contributed by atoms with Gasteiger partial charge in [0.15, 0.2) is 5.78 Å². The molecule has 0 radical (unpaired) electrons. The van der Waals surface area contributed by atoms with Crippen LogP contribution in [0, 0.1) is 0 Å². The standard InChI is InChI=1S/C14H19NO3S/c1-10-9-11(6-7-18-10)15-14(17)5-4-12(16)13-3-2-8-19-13/h2-3,8,10-11H,4-7,9H2,1H3,(H,15,17)/t10-,11+/m0/s1. The number of hydrogen-bond acceptors (Lipinski definition) is 4. The molecule has 1 fully saturated rings. The number of amides is 1. The number of carbonyl (C=O) groups excluding carboxylic acids is 2. The number of carbonyl (C=O) groups is 2. The van der Waals surface area contributed by atoms with Gasteiger partial charge >= 0.3 is 0 Å². The van der Waals surface area contributed by atoms with E-state index in [2.05, 4.69) is 5.32 Å². The van der Waals surface area contributed by atoms with Crippen LogP contribution in [-0.4, -0.2) is 30.4 Å². The van der Waals surface area contributed by atoms with E-state index in [0.29, 0.717) is 6.61 Å². The van der Waals surface area contributed by atoms with E-state index < -0.39 is 0 Å². The molecule has 1 N–H and O–H groups in total. The van der Waals surface area contributed by atoms with Crippen molar-refractivity contribution in [2.24, 2.45) is 0 Å². The summed E-state index contributed by atoms with van der Waals surface area (Å²) in [7, 11) is 0. The minimum atomic E-state index is -0.0380. The number of Topliss-reactive ketones (excluding diaryl/α,β-unsaturated/α-hetero) is 1. The lowest BCUT2D eigenvalue weighted by atomic mass is 10.0. The van der Waals surface area contributed by atoms with Gasteiger partial charge in [0.1, 0.15) is 0 Å². The molecular weight excluding hydrogens is 262 g/mol. The van der Waals surface area contributed by atoms with Crippen molar-refractivity contribution in [3.63, 3.8) is 0 Å². The Labute approximate surface area is 117 Å². The molecule has 5 heteroatoms. The summed E-state index contributed by atoms with van der Waals surface area (Å²) in [6, 6.07) is 3.83. The largest absolute Gasteiger partial charge is 0.378 e. The van der Waals surface area contributed by atoms with E-state index in [-0.39, 0.29) is 36.7 Å². The first-order chi connectivity index (χ1) is 9.15. The van der Waals surface area contributed by atoms with Gasteiger partial charge in [-0.1, -0.05) is 6.07 Å². The topological polar surface area (TPSA) is 55.4 Å². The van der Waals surface area contributed by atoms with Crippen molar-refractivity contribution in [3.05, 3.63) is 22.4 Å². The average Bonchev–Trinajstić information content (AvgIpc) is 2.90. The van der Waals surface area contributed by atoms with Crippen molar-refractivity contribution in [2.75, 3.05) is 6.61 Å². The van der Waals surface area contributed by atoms with Crippen LogP contribution in [0.4, 0.5) is 0 Å². The van der Waals surface area contributed by atoms with Crippen LogP contribution in [0.25, 0.3) is 0 Å². The molecule has 1 saturated heterocycles. The Kier molecular flexibility index (Phi) is 5.10. The molecule has 2 rings (SSSR count). The van der Waals surface area contributed by atoms with E-state index in [4.69, 9.17) is 4.74 Å². The maximum atomic E-state index is 11.8. The van der Waals surface area contributed by atoms with Crippen molar-refractivity contribution < 1.29 is 14.3 Å². The van der Waals surface area contributed by atoms with Gasteiger partial charge in [-0.2, -0.15) is 0 Å². The molecule has 19 heavy (non-hydrogen) atoms. The normalized spacial score (nSPS) is 23.0. The zero-order chi connectivity index (χ0) is 13.7. The Morgan fingerprint density at radius 2 is 2.32 bits per heavy atom. The van der Waals surface area contributed by atoms with Crippen LogP contribution in [0.2, 0.25) is 0 Å². The van der Waals surface area contributed by atoms with E-state index >= 15 is 0 Å². The molecule has 0 unspecified atom stereocenters. The fourth-order valence-corrected chi connectivity index (χ4v) is 2.91. The van der Waals surface area contributed by atoms with Gasteiger partial charge in [0.05, 0.1) is 11.0 Å². The lowest BCUT2D eigenvalue weighted by Crippen LogP contribution is -2.41. The molecule has 1 aliphatic rings. The van der Waals surface area contributed by atoms with Gasteiger partial charge in [-0.3, -0.25) is 9.59 Å². The van der Waals surface area contributed by atoms with E-state index in [9.17, 15) is 9.59 Å². The Balaban J connectivity index is 1.71. The first kappa shape index (κ1) is 14.2. The summed E-state index contributed by atoms with van der Waals surface area (Å²) >= 11 is 1.42. The second-order valence-corrected chi connectivity index (χ2v) is 5.82. The number of ketones is 1. The fraction of sp³-hybridized carbons (Fsp3) is 0.571. The Morgan fingerprint density at radius 1 is 1.47 bits per heavy atom. The van der Waals surface area contributed by atoms with Gasteiger partial charge < -0.3 is 10.1 Å². The lowest BCUT2D eigenvalue weighted by molar-refractivity contribution is -0.122. The summed E-state index contributed by atoms with van der Waals surface area (Å²) in [5.41, 5.74) is 0. The molecule has 0 aromatic carbocycles. The molecule has 0 bridgehead atoms. The van der Waals surface area contributed by atoms with Gasteiger partial charge in [-0.05, 0) is 31.2 Å². The third-order valence-electron chi connectivity index (χ3n) is 3.23. The van der Waals surface area contributed by atoms with Gasteiger partial charge in [-0.25, -0.2) is 0 Å². The van der Waals surface area contributed by atoms with E-state index in [1.807, 2.05) is 18.4 Å². The highest BCUT2D eigenvalue weighted by molar-refractivity contribution is 7.12. The van der Waals surface area contributed by atoms with Gasteiger partial charge in [0.2, 0.25) is 5.91 Å². The highest BCUT2D eigenvalue weighted by atomic mass is 32.1. The summed E-state index contributed by atoms with van der Waals surface area (Å²) in [4.78, 5) is 24.3. The zero-order valence-corrected chi connectivity index (χ0v) is 11.9. The van der Waals surface area contributed by atoms with Gasteiger partial charge in [0, 0.05) is 25.5 Å².